The van der Waals surface area contributed by atoms with E-state index >= 15 is 0 Å². The summed E-state index contributed by atoms with van der Waals surface area (Å²) < 4.78 is 5.94. The van der Waals surface area contributed by atoms with Gasteiger partial charge in [-0.25, -0.2) is 0 Å². The van der Waals surface area contributed by atoms with E-state index in [1.54, 1.807) is 0 Å². The molecule has 128 valence electrons. The van der Waals surface area contributed by atoms with Crippen molar-refractivity contribution in [1.29, 1.82) is 0 Å². The first kappa shape index (κ1) is 17.0. The number of ether oxygens (including phenoxy) is 1. The number of nitrogens with zero attached hydrogens (tertiary/aromatic N) is 1. The van der Waals surface area contributed by atoms with E-state index in [9.17, 15) is 5.11 Å². The normalized spacial score (nSPS) is 18.1. The van der Waals surface area contributed by atoms with Crippen molar-refractivity contribution in [2.75, 3.05) is 13.1 Å². The van der Waals surface area contributed by atoms with Gasteiger partial charge in [-0.3, -0.25) is 4.90 Å². The Morgan fingerprint density at radius 1 is 0.917 bits per heavy atom. The lowest BCUT2D eigenvalue weighted by Crippen LogP contribution is -2.47. The van der Waals surface area contributed by atoms with Crippen LogP contribution in [0.25, 0.3) is 0 Å². The lowest BCUT2D eigenvalue weighted by Gasteiger charge is -2.34. The molecule has 2 atom stereocenters. The molecular weight excluding hydrogens is 298 g/mol. The summed E-state index contributed by atoms with van der Waals surface area (Å²) in [4.78, 5) is 2.12. The molecule has 1 aliphatic heterocycles. The fourth-order valence-corrected chi connectivity index (χ4v) is 3.27. The maximum Gasteiger partial charge on any atom is 0.144 e. The molecule has 0 aliphatic carbocycles. The Morgan fingerprint density at radius 2 is 1.54 bits per heavy atom. The Morgan fingerprint density at radius 3 is 2.21 bits per heavy atom. The highest BCUT2D eigenvalue weighted by atomic mass is 16.5. The Balaban J connectivity index is 1.55. The summed E-state index contributed by atoms with van der Waals surface area (Å²) in [5.41, 5.74) is 2.57. The summed E-state index contributed by atoms with van der Waals surface area (Å²) in [7, 11) is 0. The smallest absolute Gasteiger partial charge is 0.144 e. The van der Waals surface area contributed by atoms with Crippen molar-refractivity contribution < 1.29 is 9.84 Å². The molecule has 3 nitrogen and oxygen atoms in total. The number of aliphatic hydroxyl groups excluding tert-OH is 1. The molecule has 0 aromatic heterocycles. The number of likely N-dealkylation sites (tertiary alicyclic amines) is 1. The molecule has 1 fully saturated rings. The molecule has 1 N–H and O–H groups in total. The van der Waals surface area contributed by atoms with Crippen LogP contribution in [0.1, 0.15) is 37.3 Å². The maximum absolute atomic E-state index is 10.5. The summed E-state index contributed by atoms with van der Waals surface area (Å²) in [6.45, 7) is 3.87. The van der Waals surface area contributed by atoms with Gasteiger partial charge in [-0.05, 0) is 49.4 Å². The SMILES string of the molecule is CC(Oc1ccc(Cc2ccccc2)cc1)C(O)N1CCCCC1. The first-order valence-electron chi connectivity index (χ1n) is 8.94. The average molecular weight is 325 g/mol. The van der Waals surface area contributed by atoms with E-state index in [1.165, 1.54) is 17.5 Å². The quantitative estimate of drug-likeness (QED) is 0.875. The van der Waals surface area contributed by atoms with Crippen LogP contribution < -0.4 is 4.74 Å². The van der Waals surface area contributed by atoms with Gasteiger partial charge in [0.2, 0.25) is 0 Å². The topological polar surface area (TPSA) is 32.7 Å². The maximum atomic E-state index is 10.5. The highest BCUT2D eigenvalue weighted by molar-refractivity contribution is 5.31. The third-order valence-electron chi connectivity index (χ3n) is 4.68. The molecule has 1 heterocycles. The highest BCUT2D eigenvalue weighted by Gasteiger charge is 2.24. The van der Waals surface area contributed by atoms with Crippen LogP contribution in [0.2, 0.25) is 0 Å². The second kappa shape index (κ2) is 8.32. The molecule has 0 saturated carbocycles. The minimum absolute atomic E-state index is 0.233. The average Bonchev–Trinajstić information content (AvgIpc) is 2.64. The molecule has 0 bridgehead atoms. The van der Waals surface area contributed by atoms with Gasteiger partial charge in [0.1, 0.15) is 18.1 Å². The van der Waals surface area contributed by atoms with E-state index < -0.39 is 6.23 Å². The van der Waals surface area contributed by atoms with E-state index in [4.69, 9.17) is 4.74 Å². The molecule has 3 rings (SSSR count). The zero-order valence-electron chi connectivity index (χ0n) is 14.4. The van der Waals surface area contributed by atoms with Gasteiger partial charge < -0.3 is 9.84 Å². The molecule has 2 aromatic rings. The number of piperidine rings is 1. The number of aliphatic hydroxyl groups is 1. The molecule has 1 aliphatic rings. The number of benzene rings is 2. The van der Waals surface area contributed by atoms with Crippen molar-refractivity contribution in [1.82, 2.24) is 4.90 Å². The number of hydrogen-bond donors (Lipinski definition) is 1. The van der Waals surface area contributed by atoms with Gasteiger partial charge >= 0.3 is 0 Å². The summed E-state index contributed by atoms with van der Waals surface area (Å²) >= 11 is 0. The summed E-state index contributed by atoms with van der Waals surface area (Å²) in [6.07, 6.45) is 3.75. The molecule has 24 heavy (non-hydrogen) atoms. The van der Waals surface area contributed by atoms with Crippen molar-refractivity contribution in [2.24, 2.45) is 0 Å². The fourth-order valence-electron chi connectivity index (χ4n) is 3.27. The van der Waals surface area contributed by atoms with Gasteiger partial charge in [-0.15, -0.1) is 0 Å². The third-order valence-corrected chi connectivity index (χ3v) is 4.68. The predicted molar refractivity (Wildman–Crippen MR) is 97.2 cm³/mol. The van der Waals surface area contributed by atoms with E-state index in [0.717, 1.165) is 38.1 Å². The van der Waals surface area contributed by atoms with Crippen LogP contribution in [0.5, 0.6) is 5.75 Å². The Kier molecular flexibility index (Phi) is 5.89. The molecule has 0 spiro atoms. The lowest BCUT2D eigenvalue weighted by atomic mass is 10.1. The molecule has 3 heteroatoms. The lowest BCUT2D eigenvalue weighted by molar-refractivity contribution is -0.0726. The molecule has 2 aromatic carbocycles. The van der Waals surface area contributed by atoms with E-state index in [2.05, 4.69) is 41.3 Å². The molecule has 0 radical (unpaired) electrons. The van der Waals surface area contributed by atoms with Gasteiger partial charge in [-0.1, -0.05) is 48.9 Å². The van der Waals surface area contributed by atoms with Gasteiger partial charge in [0.25, 0.3) is 0 Å². The zero-order valence-corrected chi connectivity index (χ0v) is 14.4. The van der Waals surface area contributed by atoms with Crippen molar-refractivity contribution in [3.8, 4) is 5.75 Å². The van der Waals surface area contributed by atoms with Crippen LogP contribution in [0.4, 0.5) is 0 Å². The fraction of sp³-hybridized carbons (Fsp3) is 0.429. The summed E-state index contributed by atoms with van der Waals surface area (Å²) in [5, 5.41) is 10.5. The van der Waals surface area contributed by atoms with Crippen molar-refractivity contribution >= 4 is 0 Å². The van der Waals surface area contributed by atoms with Crippen LogP contribution in [-0.2, 0) is 6.42 Å². The second-order valence-corrected chi connectivity index (χ2v) is 6.64. The Labute approximate surface area is 144 Å². The Hall–Kier alpha value is -1.84. The van der Waals surface area contributed by atoms with E-state index in [0.29, 0.717) is 0 Å². The van der Waals surface area contributed by atoms with Crippen LogP contribution >= 0.6 is 0 Å². The van der Waals surface area contributed by atoms with E-state index in [-0.39, 0.29) is 6.10 Å². The number of hydrogen-bond acceptors (Lipinski definition) is 3. The molecule has 1 saturated heterocycles. The monoisotopic (exact) mass is 325 g/mol. The van der Waals surface area contributed by atoms with Crippen LogP contribution in [-0.4, -0.2) is 35.4 Å². The Bertz CT molecular complexity index is 605. The second-order valence-electron chi connectivity index (χ2n) is 6.64. The molecule has 2 unspecified atom stereocenters. The van der Waals surface area contributed by atoms with Crippen molar-refractivity contribution in [3.63, 3.8) is 0 Å². The molecular formula is C21H27NO2. The minimum atomic E-state index is -0.533. The molecule has 0 amide bonds. The summed E-state index contributed by atoms with van der Waals surface area (Å²) in [5.74, 6) is 0.815. The van der Waals surface area contributed by atoms with Gasteiger partial charge in [0.05, 0.1) is 0 Å². The predicted octanol–water partition coefficient (Wildman–Crippen LogP) is 3.85. The summed E-state index contributed by atoms with van der Waals surface area (Å²) in [6, 6.07) is 18.6. The minimum Gasteiger partial charge on any atom is -0.487 e. The highest BCUT2D eigenvalue weighted by Crippen LogP contribution is 2.19. The van der Waals surface area contributed by atoms with Crippen LogP contribution in [0.3, 0.4) is 0 Å². The van der Waals surface area contributed by atoms with Gasteiger partial charge in [0.15, 0.2) is 0 Å². The van der Waals surface area contributed by atoms with Crippen LogP contribution in [0, 0.1) is 0 Å². The third kappa shape index (κ3) is 4.59. The van der Waals surface area contributed by atoms with E-state index in [1.807, 2.05) is 25.1 Å². The van der Waals surface area contributed by atoms with Crippen molar-refractivity contribution in [2.45, 2.75) is 44.9 Å². The van der Waals surface area contributed by atoms with Gasteiger partial charge in [0, 0.05) is 13.1 Å². The van der Waals surface area contributed by atoms with Gasteiger partial charge in [-0.2, -0.15) is 0 Å². The van der Waals surface area contributed by atoms with Crippen LogP contribution in [0.15, 0.2) is 54.6 Å². The zero-order chi connectivity index (χ0) is 16.8. The standard InChI is InChI=1S/C21H27NO2/c1-17(21(23)22-14-6-3-7-15-22)24-20-12-10-19(11-13-20)16-18-8-4-2-5-9-18/h2,4-5,8-13,17,21,23H,3,6-7,14-16H2,1H3. The number of rotatable bonds is 6. The first-order valence-corrected chi connectivity index (χ1v) is 8.94. The first-order chi connectivity index (χ1) is 11.7. The van der Waals surface area contributed by atoms with Crippen molar-refractivity contribution in [3.05, 3.63) is 65.7 Å². The largest absolute Gasteiger partial charge is 0.487 e.